The molecule has 15 heavy (non-hydrogen) atoms. The van der Waals surface area contributed by atoms with Crippen LogP contribution in [0.5, 0.6) is 0 Å². The number of pyridine rings is 1. The summed E-state index contributed by atoms with van der Waals surface area (Å²) in [4.78, 5) is 13.5. The predicted molar refractivity (Wildman–Crippen MR) is 54.0 cm³/mol. The van der Waals surface area contributed by atoms with Crippen molar-refractivity contribution < 1.29 is 13.5 Å². The number of hydrogen-bond acceptors (Lipinski definition) is 4. The number of nitrogens with zero attached hydrogens (tertiary/aromatic N) is 1. The van der Waals surface area contributed by atoms with Crippen molar-refractivity contribution in [3.63, 3.8) is 0 Å². The smallest absolute Gasteiger partial charge is 0.248 e. The summed E-state index contributed by atoms with van der Waals surface area (Å²) in [5.74, 6) is 0. The number of rotatable bonds is 4. The Kier molecular flexibility index (Phi) is 3.61. The number of H-pyrrole nitrogens is 1. The van der Waals surface area contributed by atoms with Gasteiger partial charge in [-0.1, -0.05) is 0 Å². The molecule has 0 aliphatic carbocycles. The lowest BCUT2D eigenvalue weighted by molar-refractivity contribution is 0.266. The highest BCUT2D eigenvalue weighted by Gasteiger charge is 2.22. The molecule has 1 rings (SSSR count). The first-order valence-corrected chi connectivity index (χ1v) is 5.68. The summed E-state index contributed by atoms with van der Waals surface area (Å²) < 4.78 is 24.4. The molecule has 0 saturated carbocycles. The highest BCUT2D eigenvalue weighted by atomic mass is 32.2. The van der Waals surface area contributed by atoms with Gasteiger partial charge in [-0.3, -0.25) is 4.79 Å². The van der Waals surface area contributed by atoms with Crippen molar-refractivity contribution in [2.24, 2.45) is 0 Å². The summed E-state index contributed by atoms with van der Waals surface area (Å²) >= 11 is 0. The minimum atomic E-state index is -3.80. The number of aliphatic hydroxyl groups is 1. The van der Waals surface area contributed by atoms with Crippen LogP contribution in [-0.4, -0.2) is 43.0 Å². The number of hydrogen-bond donors (Lipinski definition) is 2. The van der Waals surface area contributed by atoms with Crippen molar-refractivity contribution in [2.75, 3.05) is 20.2 Å². The fourth-order valence-corrected chi connectivity index (χ4v) is 2.23. The quantitative estimate of drug-likeness (QED) is 0.695. The Morgan fingerprint density at radius 1 is 1.53 bits per heavy atom. The third kappa shape index (κ3) is 2.44. The Bertz CT molecular complexity index is 479. The third-order valence-corrected chi connectivity index (χ3v) is 3.77. The fraction of sp³-hybridized carbons (Fsp3) is 0.375. The monoisotopic (exact) mass is 232 g/mol. The molecule has 0 aromatic carbocycles. The molecule has 1 aromatic rings. The second-order valence-electron chi connectivity index (χ2n) is 2.92. The van der Waals surface area contributed by atoms with Crippen molar-refractivity contribution in [1.29, 1.82) is 0 Å². The first-order valence-electron chi connectivity index (χ1n) is 4.24. The molecule has 0 fully saturated rings. The van der Waals surface area contributed by atoms with Crippen LogP contribution in [0, 0.1) is 0 Å². The number of aromatic nitrogens is 1. The molecule has 0 unspecified atom stereocenters. The van der Waals surface area contributed by atoms with Crippen LogP contribution in [0.1, 0.15) is 0 Å². The minimum Gasteiger partial charge on any atom is -0.395 e. The van der Waals surface area contributed by atoms with Crippen molar-refractivity contribution >= 4 is 10.0 Å². The van der Waals surface area contributed by atoms with Crippen LogP contribution in [0.3, 0.4) is 0 Å². The zero-order chi connectivity index (χ0) is 11.5. The first-order chi connectivity index (χ1) is 7.00. The molecule has 0 bridgehead atoms. The maximum atomic E-state index is 11.7. The zero-order valence-electron chi connectivity index (χ0n) is 8.17. The van der Waals surface area contributed by atoms with Gasteiger partial charge in [0.2, 0.25) is 15.5 Å². The molecular formula is C8H12N2O4S. The minimum absolute atomic E-state index is 0.0450. The van der Waals surface area contributed by atoms with Crippen molar-refractivity contribution in [2.45, 2.75) is 4.90 Å². The molecule has 0 atom stereocenters. The second kappa shape index (κ2) is 4.56. The van der Waals surface area contributed by atoms with Gasteiger partial charge in [0.25, 0.3) is 0 Å². The van der Waals surface area contributed by atoms with E-state index >= 15 is 0 Å². The van der Waals surface area contributed by atoms with Gasteiger partial charge in [0.15, 0.2) is 0 Å². The Labute approximate surface area is 87.2 Å². The van der Waals surface area contributed by atoms with Gasteiger partial charge in [0, 0.05) is 32.1 Å². The van der Waals surface area contributed by atoms with Crippen LogP contribution in [0.2, 0.25) is 0 Å². The Morgan fingerprint density at radius 2 is 2.20 bits per heavy atom. The van der Waals surface area contributed by atoms with Crippen LogP contribution >= 0.6 is 0 Å². The summed E-state index contributed by atoms with van der Waals surface area (Å²) in [6, 6.07) is 1.14. The zero-order valence-corrected chi connectivity index (χ0v) is 8.99. The molecule has 7 heteroatoms. The molecule has 1 aromatic heterocycles. The maximum absolute atomic E-state index is 11.7. The van der Waals surface area contributed by atoms with Crippen LogP contribution in [0.25, 0.3) is 0 Å². The number of sulfonamides is 1. The highest BCUT2D eigenvalue weighted by Crippen LogP contribution is 2.07. The van der Waals surface area contributed by atoms with Crippen molar-refractivity contribution in [3.8, 4) is 0 Å². The molecule has 0 aliphatic rings. The van der Waals surface area contributed by atoms with E-state index in [1.165, 1.54) is 13.2 Å². The molecule has 0 aliphatic heterocycles. The van der Waals surface area contributed by atoms with Gasteiger partial charge in [-0.15, -0.1) is 0 Å². The lowest BCUT2D eigenvalue weighted by atomic mass is 10.5. The van der Waals surface area contributed by atoms with Gasteiger partial charge in [-0.05, 0) is 0 Å². The van der Waals surface area contributed by atoms with Crippen LogP contribution in [-0.2, 0) is 10.0 Å². The lowest BCUT2D eigenvalue weighted by Crippen LogP contribution is -2.32. The van der Waals surface area contributed by atoms with Gasteiger partial charge in [-0.25, -0.2) is 8.42 Å². The summed E-state index contributed by atoms with van der Waals surface area (Å²) in [6.45, 7) is -0.336. The van der Waals surface area contributed by atoms with Crippen LogP contribution in [0.4, 0.5) is 0 Å². The molecule has 2 N–H and O–H groups in total. The van der Waals surface area contributed by atoms with Crippen LogP contribution in [0.15, 0.2) is 28.2 Å². The van der Waals surface area contributed by atoms with Gasteiger partial charge >= 0.3 is 0 Å². The normalized spacial score (nSPS) is 11.9. The highest BCUT2D eigenvalue weighted by molar-refractivity contribution is 7.89. The van der Waals surface area contributed by atoms with Crippen molar-refractivity contribution in [1.82, 2.24) is 9.29 Å². The summed E-state index contributed by atoms with van der Waals surface area (Å²) in [7, 11) is -2.50. The first kappa shape index (κ1) is 11.9. The largest absolute Gasteiger partial charge is 0.395 e. The summed E-state index contributed by atoms with van der Waals surface area (Å²) in [6.07, 6.45) is 2.49. The van der Waals surface area contributed by atoms with Gasteiger partial charge in [0.1, 0.15) is 4.90 Å². The van der Waals surface area contributed by atoms with E-state index in [2.05, 4.69) is 4.98 Å². The van der Waals surface area contributed by atoms with E-state index in [1.54, 1.807) is 0 Å². The molecule has 0 saturated heterocycles. The topological polar surface area (TPSA) is 90.5 Å². The van der Waals surface area contributed by atoms with E-state index in [-0.39, 0.29) is 18.0 Å². The van der Waals surface area contributed by atoms with E-state index in [1.807, 2.05) is 0 Å². The van der Waals surface area contributed by atoms with Crippen molar-refractivity contribution in [3.05, 3.63) is 28.7 Å². The van der Waals surface area contributed by atoms with E-state index in [0.717, 1.165) is 16.6 Å². The molecule has 84 valence electrons. The summed E-state index contributed by atoms with van der Waals surface area (Å²) in [5, 5.41) is 8.62. The molecule has 0 amide bonds. The lowest BCUT2D eigenvalue weighted by Gasteiger charge is -2.14. The van der Waals surface area contributed by atoms with E-state index in [9.17, 15) is 13.2 Å². The standard InChI is InChI=1S/C8H12N2O4S/c1-10(4-5-11)15(13,14)8-6-9-3-2-7(8)12/h2-3,6,11H,4-5H2,1H3,(H,9,12). The second-order valence-corrected chi connectivity index (χ2v) is 4.94. The number of nitrogens with one attached hydrogen (secondary N) is 1. The SMILES string of the molecule is CN(CCO)S(=O)(=O)c1c[nH]ccc1=O. The van der Waals surface area contributed by atoms with Gasteiger partial charge in [-0.2, -0.15) is 4.31 Å². The fourth-order valence-electron chi connectivity index (χ4n) is 1.03. The Balaban J connectivity index is 3.18. The average molecular weight is 232 g/mol. The third-order valence-electron chi connectivity index (χ3n) is 1.89. The van der Waals surface area contributed by atoms with Gasteiger partial charge < -0.3 is 10.1 Å². The maximum Gasteiger partial charge on any atom is 0.248 e. The Hall–Kier alpha value is -1.18. The van der Waals surface area contributed by atoms with Crippen LogP contribution < -0.4 is 5.43 Å². The number of likely N-dealkylation sites (N-methyl/N-ethyl adjacent to an activating group) is 1. The molecule has 0 spiro atoms. The Morgan fingerprint density at radius 3 is 2.73 bits per heavy atom. The molecule has 6 nitrogen and oxygen atoms in total. The van der Waals surface area contributed by atoms with E-state index in [0.29, 0.717) is 0 Å². The predicted octanol–water partition coefficient (Wildman–Crippen LogP) is -1.01. The van der Waals surface area contributed by atoms with Gasteiger partial charge in [0.05, 0.1) is 6.61 Å². The number of aromatic amines is 1. The van der Waals surface area contributed by atoms with E-state index < -0.39 is 15.5 Å². The molecular weight excluding hydrogens is 220 g/mol. The summed E-state index contributed by atoms with van der Waals surface area (Å²) in [5.41, 5.74) is -0.571. The van der Waals surface area contributed by atoms with E-state index in [4.69, 9.17) is 5.11 Å². The number of aliphatic hydroxyl groups excluding tert-OH is 1. The molecule has 1 heterocycles. The molecule has 0 radical (unpaired) electrons. The average Bonchev–Trinajstić information content (AvgIpc) is 2.18.